The second-order valence-electron chi connectivity index (χ2n) is 6.21. The number of thioether (sulfide) groups is 1. The maximum absolute atomic E-state index is 12.5. The summed E-state index contributed by atoms with van der Waals surface area (Å²) in [4.78, 5) is 14.0. The van der Waals surface area contributed by atoms with E-state index in [4.69, 9.17) is 4.74 Å². The predicted molar refractivity (Wildman–Crippen MR) is 98.0 cm³/mol. The number of anilines is 1. The third kappa shape index (κ3) is 4.88. The zero-order valence-corrected chi connectivity index (χ0v) is 15.5. The summed E-state index contributed by atoms with van der Waals surface area (Å²) in [7, 11) is 0. The maximum Gasteiger partial charge on any atom is 0.573 e. The summed E-state index contributed by atoms with van der Waals surface area (Å²) in [5.41, 5.74) is 1.19. The highest BCUT2D eigenvalue weighted by Gasteiger charge is 2.35. The first-order chi connectivity index (χ1) is 12.7. The Balaban J connectivity index is 1.90. The highest BCUT2D eigenvalue weighted by Crippen LogP contribution is 2.43. The van der Waals surface area contributed by atoms with Crippen LogP contribution in [-0.4, -0.2) is 24.1 Å². The first kappa shape index (κ1) is 19.4. The number of alkyl halides is 3. The van der Waals surface area contributed by atoms with Gasteiger partial charge < -0.3 is 9.47 Å². The SMILES string of the molecule is CC(C)Oc1cccc(N2C(=O)CSC2c2cccc(OC(F)(F)F)c2)c1. The van der Waals surface area contributed by atoms with E-state index in [9.17, 15) is 18.0 Å². The molecule has 0 spiro atoms. The quantitative estimate of drug-likeness (QED) is 0.699. The largest absolute Gasteiger partial charge is 0.573 e. The van der Waals surface area contributed by atoms with Gasteiger partial charge in [0.1, 0.15) is 16.9 Å². The molecule has 0 radical (unpaired) electrons. The van der Waals surface area contributed by atoms with Gasteiger partial charge in [0.05, 0.1) is 11.9 Å². The summed E-state index contributed by atoms with van der Waals surface area (Å²) in [6, 6.07) is 12.8. The molecule has 1 saturated heterocycles. The minimum Gasteiger partial charge on any atom is -0.491 e. The minimum atomic E-state index is -4.76. The van der Waals surface area contributed by atoms with Crippen LogP contribution in [0.15, 0.2) is 48.5 Å². The molecule has 2 aromatic rings. The third-order valence-corrected chi connectivity index (χ3v) is 4.92. The second kappa shape index (κ2) is 7.72. The van der Waals surface area contributed by atoms with Crippen LogP contribution in [-0.2, 0) is 4.79 Å². The number of hydrogen-bond donors (Lipinski definition) is 0. The van der Waals surface area contributed by atoms with Crippen LogP contribution >= 0.6 is 11.8 Å². The smallest absolute Gasteiger partial charge is 0.491 e. The molecule has 4 nitrogen and oxygen atoms in total. The third-order valence-electron chi connectivity index (χ3n) is 3.71. The molecule has 0 N–H and O–H groups in total. The lowest BCUT2D eigenvalue weighted by Crippen LogP contribution is -2.28. The number of ether oxygens (including phenoxy) is 2. The Labute approximate surface area is 159 Å². The molecule has 1 unspecified atom stereocenters. The number of benzene rings is 2. The summed E-state index contributed by atoms with van der Waals surface area (Å²) < 4.78 is 47.2. The lowest BCUT2D eigenvalue weighted by atomic mass is 10.1. The van der Waals surface area contributed by atoms with E-state index in [1.165, 1.54) is 30.0 Å². The minimum absolute atomic E-state index is 0.0177. The number of nitrogens with zero attached hydrogens (tertiary/aromatic N) is 1. The van der Waals surface area contributed by atoms with Crippen LogP contribution in [0.5, 0.6) is 11.5 Å². The zero-order valence-electron chi connectivity index (χ0n) is 14.7. The van der Waals surface area contributed by atoms with E-state index >= 15 is 0 Å². The zero-order chi connectivity index (χ0) is 19.6. The molecule has 1 aliphatic rings. The van der Waals surface area contributed by atoms with Crippen LogP contribution in [0.1, 0.15) is 24.8 Å². The first-order valence-electron chi connectivity index (χ1n) is 8.29. The summed E-state index contributed by atoms with van der Waals surface area (Å²) in [6.45, 7) is 3.80. The number of rotatable bonds is 5. The second-order valence-corrected chi connectivity index (χ2v) is 7.28. The number of carbonyl (C=O) groups excluding carboxylic acids is 1. The average Bonchev–Trinajstić information content (AvgIpc) is 2.95. The fourth-order valence-electron chi connectivity index (χ4n) is 2.79. The average molecular weight is 397 g/mol. The van der Waals surface area contributed by atoms with Crippen molar-refractivity contribution in [2.45, 2.75) is 31.7 Å². The monoisotopic (exact) mass is 397 g/mol. The van der Waals surface area contributed by atoms with Gasteiger partial charge in [0.25, 0.3) is 0 Å². The first-order valence-corrected chi connectivity index (χ1v) is 9.34. The Bertz CT molecular complexity index is 826. The molecule has 0 saturated carbocycles. The number of halogens is 3. The van der Waals surface area contributed by atoms with Crippen molar-refractivity contribution < 1.29 is 27.4 Å². The summed E-state index contributed by atoms with van der Waals surface area (Å²) in [6.07, 6.45) is -4.78. The van der Waals surface area contributed by atoms with Crippen LogP contribution in [0.4, 0.5) is 18.9 Å². The van der Waals surface area contributed by atoms with Gasteiger partial charge in [-0.25, -0.2) is 0 Å². The highest BCUT2D eigenvalue weighted by atomic mass is 32.2. The molecule has 3 rings (SSSR count). The molecule has 27 heavy (non-hydrogen) atoms. The van der Waals surface area contributed by atoms with Crippen LogP contribution in [0, 0.1) is 0 Å². The van der Waals surface area contributed by atoms with Crippen molar-refractivity contribution >= 4 is 23.4 Å². The van der Waals surface area contributed by atoms with E-state index in [1.54, 1.807) is 35.2 Å². The number of hydrogen-bond acceptors (Lipinski definition) is 4. The van der Waals surface area contributed by atoms with E-state index in [2.05, 4.69) is 4.74 Å². The van der Waals surface area contributed by atoms with Gasteiger partial charge >= 0.3 is 6.36 Å². The van der Waals surface area contributed by atoms with Gasteiger partial charge in [-0.3, -0.25) is 9.69 Å². The molecule has 2 aromatic carbocycles. The fourth-order valence-corrected chi connectivity index (χ4v) is 3.96. The molecule has 1 aliphatic heterocycles. The highest BCUT2D eigenvalue weighted by molar-refractivity contribution is 8.00. The van der Waals surface area contributed by atoms with E-state index in [0.29, 0.717) is 17.0 Å². The summed E-state index contributed by atoms with van der Waals surface area (Å²) >= 11 is 1.35. The molecule has 0 bridgehead atoms. The van der Waals surface area contributed by atoms with Crippen molar-refractivity contribution in [2.75, 3.05) is 10.7 Å². The van der Waals surface area contributed by atoms with Crippen LogP contribution in [0.2, 0.25) is 0 Å². The molecule has 144 valence electrons. The van der Waals surface area contributed by atoms with E-state index in [1.807, 2.05) is 13.8 Å². The molecule has 0 aromatic heterocycles. The summed E-state index contributed by atoms with van der Waals surface area (Å²) in [5.74, 6) is 0.440. The Kier molecular flexibility index (Phi) is 5.55. The molecule has 1 amide bonds. The van der Waals surface area contributed by atoms with Gasteiger partial charge in [0.15, 0.2) is 0 Å². The van der Waals surface area contributed by atoms with E-state index in [-0.39, 0.29) is 23.5 Å². The van der Waals surface area contributed by atoms with Crippen LogP contribution in [0.25, 0.3) is 0 Å². The van der Waals surface area contributed by atoms with Gasteiger partial charge in [-0.05, 0) is 43.7 Å². The lowest BCUT2D eigenvalue weighted by Gasteiger charge is -2.25. The van der Waals surface area contributed by atoms with Crippen molar-refractivity contribution in [1.29, 1.82) is 0 Å². The Morgan fingerprint density at radius 1 is 1.11 bits per heavy atom. The normalized spacial score (nSPS) is 17.5. The van der Waals surface area contributed by atoms with Crippen molar-refractivity contribution in [2.24, 2.45) is 0 Å². The van der Waals surface area contributed by atoms with Crippen molar-refractivity contribution in [3.8, 4) is 11.5 Å². The number of amides is 1. The lowest BCUT2D eigenvalue weighted by molar-refractivity contribution is -0.274. The van der Waals surface area contributed by atoms with Gasteiger partial charge in [-0.2, -0.15) is 0 Å². The maximum atomic E-state index is 12.5. The molecule has 1 atom stereocenters. The Morgan fingerprint density at radius 2 is 1.81 bits per heavy atom. The molecular weight excluding hydrogens is 379 g/mol. The fraction of sp³-hybridized carbons (Fsp3) is 0.316. The van der Waals surface area contributed by atoms with Gasteiger partial charge in [0, 0.05) is 11.8 Å². The molecule has 1 heterocycles. The molecule has 8 heteroatoms. The van der Waals surface area contributed by atoms with Crippen LogP contribution < -0.4 is 14.4 Å². The van der Waals surface area contributed by atoms with Gasteiger partial charge in [-0.1, -0.05) is 18.2 Å². The van der Waals surface area contributed by atoms with Crippen molar-refractivity contribution in [3.05, 3.63) is 54.1 Å². The van der Waals surface area contributed by atoms with Crippen LogP contribution in [0.3, 0.4) is 0 Å². The van der Waals surface area contributed by atoms with E-state index in [0.717, 1.165) is 0 Å². The van der Waals surface area contributed by atoms with Crippen molar-refractivity contribution in [3.63, 3.8) is 0 Å². The van der Waals surface area contributed by atoms with Gasteiger partial charge in [-0.15, -0.1) is 24.9 Å². The molecule has 1 fully saturated rings. The standard InChI is InChI=1S/C19H18F3NO3S/c1-12(2)25-15-7-4-6-14(10-15)23-17(24)11-27-18(23)13-5-3-8-16(9-13)26-19(20,21)22/h3-10,12,18H,11H2,1-2H3. The topological polar surface area (TPSA) is 38.8 Å². The Hall–Kier alpha value is -2.35. The van der Waals surface area contributed by atoms with E-state index < -0.39 is 11.7 Å². The number of carbonyl (C=O) groups is 1. The predicted octanol–water partition coefficient (Wildman–Crippen LogP) is 5.15. The Morgan fingerprint density at radius 3 is 2.52 bits per heavy atom. The molecule has 0 aliphatic carbocycles. The van der Waals surface area contributed by atoms with Crippen molar-refractivity contribution in [1.82, 2.24) is 0 Å². The molecular formula is C19H18F3NO3S. The summed E-state index contributed by atoms with van der Waals surface area (Å²) in [5, 5.41) is -0.441. The van der Waals surface area contributed by atoms with Gasteiger partial charge in [0.2, 0.25) is 5.91 Å².